The number of hydrogen-bond acceptors (Lipinski definition) is 5. The number of benzene rings is 1. The molecule has 4 rings (SSSR count). The van der Waals surface area contributed by atoms with Crippen molar-refractivity contribution in [3.8, 4) is 0 Å². The Bertz CT molecular complexity index is 779. The molecule has 0 unspecified atom stereocenters. The number of morpholine rings is 1. The molecule has 2 heterocycles. The maximum Gasteiger partial charge on any atom is 0.255 e. The SMILES string of the molecule is O=c1[nH]c(Nc2ccc(CN3CCOCC3)cc2)nc2c1CCCC2. The van der Waals surface area contributed by atoms with E-state index in [0.717, 1.165) is 75.5 Å². The van der Waals surface area contributed by atoms with Crippen molar-refractivity contribution in [1.29, 1.82) is 0 Å². The van der Waals surface area contributed by atoms with E-state index in [1.165, 1.54) is 5.56 Å². The van der Waals surface area contributed by atoms with Gasteiger partial charge >= 0.3 is 0 Å². The quantitative estimate of drug-likeness (QED) is 0.893. The number of nitrogens with zero attached hydrogens (tertiary/aromatic N) is 2. The van der Waals surface area contributed by atoms with Crippen molar-refractivity contribution >= 4 is 11.6 Å². The van der Waals surface area contributed by atoms with Crippen molar-refractivity contribution in [2.45, 2.75) is 32.2 Å². The summed E-state index contributed by atoms with van der Waals surface area (Å²) in [5, 5.41) is 3.23. The second-order valence-electron chi connectivity index (χ2n) is 6.76. The van der Waals surface area contributed by atoms with Gasteiger partial charge in [0, 0.05) is 30.9 Å². The zero-order chi connectivity index (χ0) is 17.1. The van der Waals surface area contributed by atoms with Gasteiger partial charge in [-0.3, -0.25) is 14.7 Å². The Labute approximate surface area is 147 Å². The highest BCUT2D eigenvalue weighted by molar-refractivity contribution is 5.54. The van der Waals surface area contributed by atoms with Gasteiger partial charge in [0.15, 0.2) is 0 Å². The van der Waals surface area contributed by atoms with Crippen molar-refractivity contribution in [2.75, 3.05) is 31.6 Å². The first-order chi connectivity index (χ1) is 12.3. The van der Waals surface area contributed by atoms with Gasteiger partial charge in [0.1, 0.15) is 0 Å². The molecule has 0 radical (unpaired) electrons. The average Bonchev–Trinajstić information content (AvgIpc) is 2.64. The summed E-state index contributed by atoms with van der Waals surface area (Å²) in [5.41, 5.74) is 4.01. The first-order valence-corrected chi connectivity index (χ1v) is 9.06. The molecule has 1 aliphatic heterocycles. The second kappa shape index (κ2) is 7.37. The van der Waals surface area contributed by atoms with Gasteiger partial charge < -0.3 is 10.1 Å². The zero-order valence-corrected chi connectivity index (χ0v) is 14.4. The molecule has 0 amide bonds. The van der Waals surface area contributed by atoms with Crippen LogP contribution < -0.4 is 10.9 Å². The molecule has 2 N–H and O–H groups in total. The van der Waals surface area contributed by atoms with Crippen LogP contribution in [-0.4, -0.2) is 41.2 Å². The summed E-state index contributed by atoms with van der Waals surface area (Å²) in [7, 11) is 0. The van der Waals surface area contributed by atoms with Gasteiger partial charge in [-0.15, -0.1) is 0 Å². The Morgan fingerprint density at radius 3 is 2.68 bits per heavy atom. The summed E-state index contributed by atoms with van der Waals surface area (Å²) in [6.07, 6.45) is 3.93. The van der Waals surface area contributed by atoms with Crippen LogP contribution in [0.2, 0.25) is 0 Å². The fourth-order valence-electron chi connectivity index (χ4n) is 3.51. The molecule has 0 spiro atoms. The third-order valence-corrected chi connectivity index (χ3v) is 4.92. The van der Waals surface area contributed by atoms with E-state index in [9.17, 15) is 4.79 Å². The molecule has 25 heavy (non-hydrogen) atoms. The monoisotopic (exact) mass is 340 g/mol. The third-order valence-electron chi connectivity index (χ3n) is 4.92. The van der Waals surface area contributed by atoms with Crippen LogP contribution in [-0.2, 0) is 24.1 Å². The molecule has 1 saturated heterocycles. The molecule has 6 heteroatoms. The van der Waals surface area contributed by atoms with Gasteiger partial charge in [0.05, 0.1) is 18.9 Å². The number of anilines is 2. The van der Waals surface area contributed by atoms with Gasteiger partial charge in [-0.1, -0.05) is 12.1 Å². The first kappa shape index (κ1) is 16.3. The van der Waals surface area contributed by atoms with Crippen LogP contribution in [0.1, 0.15) is 29.7 Å². The van der Waals surface area contributed by atoms with Crippen molar-refractivity contribution < 1.29 is 4.74 Å². The fraction of sp³-hybridized carbons (Fsp3) is 0.474. The van der Waals surface area contributed by atoms with Crippen molar-refractivity contribution in [2.24, 2.45) is 0 Å². The highest BCUT2D eigenvalue weighted by Crippen LogP contribution is 2.19. The minimum atomic E-state index is -0.00358. The maximum atomic E-state index is 12.2. The van der Waals surface area contributed by atoms with E-state index in [0.29, 0.717) is 5.95 Å². The lowest BCUT2D eigenvalue weighted by Crippen LogP contribution is -2.35. The smallest absolute Gasteiger partial charge is 0.255 e. The number of hydrogen-bond donors (Lipinski definition) is 2. The van der Waals surface area contributed by atoms with Crippen molar-refractivity contribution in [1.82, 2.24) is 14.9 Å². The largest absolute Gasteiger partial charge is 0.379 e. The minimum absolute atomic E-state index is 0.00358. The topological polar surface area (TPSA) is 70.2 Å². The molecule has 2 aliphatic rings. The summed E-state index contributed by atoms with van der Waals surface area (Å²) >= 11 is 0. The molecule has 2 aromatic rings. The number of aromatic nitrogens is 2. The van der Waals surface area contributed by atoms with Gasteiger partial charge in [-0.05, 0) is 43.4 Å². The van der Waals surface area contributed by atoms with Gasteiger partial charge in [0.25, 0.3) is 5.56 Å². The van der Waals surface area contributed by atoms with Crippen LogP contribution in [0.4, 0.5) is 11.6 Å². The summed E-state index contributed by atoms with van der Waals surface area (Å²) in [6, 6.07) is 8.31. The highest BCUT2D eigenvalue weighted by Gasteiger charge is 2.15. The Balaban J connectivity index is 1.44. The molecule has 1 aromatic carbocycles. The Hall–Kier alpha value is -2.18. The Kier molecular flexibility index (Phi) is 4.81. The van der Waals surface area contributed by atoms with Crippen LogP contribution >= 0.6 is 0 Å². The van der Waals surface area contributed by atoms with E-state index in [4.69, 9.17) is 4.74 Å². The lowest BCUT2D eigenvalue weighted by Gasteiger charge is -2.26. The number of nitrogens with one attached hydrogen (secondary N) is 2. The molecular formula is C19H24N4O2. The minimum Gasteiger partial charge on any atom is -0.379 e. The number of aryl methyl sites for hydroxylation is 1. The number of aromatic amines is 1. The lowest BCUT2D eigenvalue weighted by atomic mass is 9.97. The molecule has 0 bridgehead atoms. The molecule has 1 fully saturated rings. The summed E-state index contributed by atoms with van der Waals surface area (Å²) in [5.74, 6) is 0.534. The van der Waals surface area contributed by atoms with Gasteiger partial charge in [-0.2, -0.15) is 0 Å². The predicted octanol–water partition coefficient (Wildman–Crippen LogP) is 2.22. The van der Waals surface area contributed by atoms with E-state index < -0.39 is 0 Å². The van der Waals surface area contributed by atoms with Gasteiger partial charge in [-0.25, -0.2) is 4.98 Å². The fourth-order valence-corrected chi connectivity index (χ4v) is 3.51. The average molecular weight is 340 g/mol. The van der Waals surface area contributed by atoms with E-state index in [-0.39, 0.29) is 5.56 Å². The summed E-state index contributed by atoms with van der Waals surface area (Å²) in [4.78, 5) is 22.1. The number of fused-ring (bicyclic) bond motifs is 1. The zero-order valence-electron chi connectivity index (χ0n) is 14.4. The van der Waals surface area contributed by atoms with Gasteiger partial charge in [0.2, 0.25) is 5.95 Å². The normalized spacial score (nSPS) is 17.9. The van der Waals surface area contributed by atoms with Crippen LogP contribution in [0.15, 0.2) is 29.1 Å². The molecular weight excluding hydrogens is 316 g/mol. The van der Waals surface area contributed by atoms with E-state index >= 15 is 0 Å². The molecule has 1 aromatic heterocycles. The van der Waals surface area contributed by atoms with Crippen LogP contribution in [0, 0.1) is 0 Å². The van der Waals surface area contributed by atoms with Crippen molar-refractivity contribution in [3.05, 3.63) is 51.4 Å². The molecule has 1 aliphatic carbocycles. The summed E-state index contributed by atoms with van der Waals surface area (Å²) < 4.78 is 5.38. The molecule has 0 atom stereocenters. The maximum absolute atomic E-state index is 12.2. The van der Waals surface area contributed by atoms with Crippen LogP contribution in [0.5, 0.6) is 0 Å². The Morgan fingerprint density at radius 1 is 1.12 bits per heavy atom. The molecule has 0 saturated carbocycles. The van der Waals surface area contributed by atoms with E-state index in [1.807, 2.05) is 12.1 Å². The van der Waals surface area contributed by atoms with Crippen LogP contribution in [0.3, 0.4) is 0 Å². The Morgan fingerprint density at radius 2 is 1.88 bits per heavy atom. The number of H-pyrrole nitrogens is 1. The van der Waals surface area contributed by atoms with E-state index in [2.05, 4.69) is 32.3 Å². The van der Waals surface area contributed by atoms with Crippen molar-refractivity contribution in [3.63, 3.8) is 0 Å². The molecule has 132 valence electrons. The van der Waals surface area contributed by atoms with Crippen LogP contribution in [0.25, 0.3) is 0 Å². The summed E-state index contributed by atoms with van der Waals surface area (Å²) in [6.45, 7) is 4.55. The third kappa shape index (κ3) is 3.91. The second-order valence-corrected chi connectivity index (χ2v) is 6.76. The highest BCUT2D eigenvalue weighted by atomic mass is 16.5. The van der Waals surface area contributed by atoms with E-state index in [1.54, 1.807) is 0 Å². The molecule has 6 nitrogen and oxygen atoms in total. The number of ether oxygens (including phenoxy) is 1. The lowest BCUT2D eigenvalue weighted by molar-refractivity contribution is 0.0342. The number of rotatable bonds is 4. The standard InChI is InChI=1S/C19H24N4O2/c24-18-16-3-1-2-4-17(16)21-19(22-18)20-15-7-5-14(6-8-15)13-23-9-11-25-12-10-23/h5-8H,1-4,9-13H2,(H2,20,21,22,24). The first-order valence-electron chi connectivity index (χ1n) is 9.06. The predicted molar refractivity (Wildman–Crippen MR) is 97.3 cm³/mol.